The van der Waals surface area contributed by atoms with Crippen molar-refractivity contribution in [2.75, 3.05) is 0 Å². The Labute approximate surface area is 254 Å². The molecule has 0 aliphatic carbocycles. The SMILES string of the molecule is CC(=Nc1ccc(C(=O)O)cc1)c1c(O)cc(C)oc1=O.CC(=Nc1ccc(C(=O)O)cc1)c1c(O)cc(C)oc1=O.[Cu]. The summed E-state index contributed by atoms with van der Waals surface area (Å²) in [5.74, 6) is -1.85. The van der Waals surface area contributed by atoms with Gasteiger partial charge in [0, 0.05) is 29.2 Å². The zero-order chi connectivity index (χ0) is 31.1. The molecule has 0 fully saturated rings. The summed E-state index contributed by atoms with van der Waals surface area (Å²) in [7, 11) is 0. The summed E-state index contributed by atoms with van der Waals surface area (Å²) in [4.78, 5) is 53.4. The first-order chi connectivity index (χ1) is 19.8. The van der Waals surface area contributed by atoms with Gasteiger partial charge in [0.15, 0.2) is 0 Å². The van der Waals surface area contributed by atoms with E-state index in [9.17, 15) is 29.4 Å². The Kier molecular flexibility index (Phi) is 11.5. The number of hydrogen-bond donors (Lipinski definition) is 4. The predicted molar refractivity (Wildman–Crippen MR) is 153 cm³/mol. The molecule has 2 aromatic carbocycles. The second-order valence-corrected chi connectivity index (χ2v) is 8.91. The molecule has 0 saturated carbocycles. The van der Waals surface area contributed by atoms with Crippen LogP contribution < -0.4 is 11.3 Å². The van der Waals surface area contributed by atoms with Gasteiger partial charge in [-0.05, 0) is 76.2 Å². The summed E-state index contributed by atoms with van der Waals surface area (Å²) in [6, 6.07) is 14.4. The molecule has 0 atom stereocenters. The third kappa shape index (κ3) is 8.86. The molecule has 0 aliphatic heterocycles. The topological polar surface area (TPSA) is 200 Å². The molecule has 227 valence electrons. The van der Waals surface area contributed by atoms with Gasteiger partial charge in [-0.2, -0.15) is 0 Å². The third-order valence-electron chi connectivity index (χ3n) is 5.65. The molecule has 0 spiro atoms. The van der Waals surface area contributed by atoms with E-state index in [2.05, 4.69) is 9.98 Å². The molecular formula is C30H26CuN2O10. The molecule has 43 heavy (non-hydrogen) atoms. The predicted octanol–water partition coefficient (Wildman–Crippen LogP) is 4.98. The van der Waals surface area contributed by atoms with Crippen molar-refractivity contribution in [2.45, 2.75) is 27.7 Å². The fourth-order valence-corrected chi connectivity index (χ4v) is 3.71. The summed E-state index contributed by atoms with van der Waals surface area (Å²) >= 11 is 0. The van der Waals surface area contributed by atoms with Crippen molar-refractivity contribution in [3.8, 4) is 11.5 Å². The summed E-state index contributed by atoms with van der Waals surface area (Å²) in [5.41, 5.74) is 0.425. The third-order valence-corrected chi connectivity index (χ3v) is 5.65. The normalized spacial score (nSPS) is 11.2. The van der Waals surface area contributed by atoms with Crippen LogP contribution in [0.15, 0.2) is 89.1 Å². The van der Waals surface area contributed by atoms with E-state index in [4.69, 9.17) is 19.0 Å². The van der Waals surface area contributed by atoms with E-state index >= 15 is 0 Å². The molecule has 13 heteroatoms. The number of nitrogens with zero attached hydrogens (tertiary/aromatic N) is 2. The number of carboxylic acid groups (broad SMARTS) is 2. The van der Waals surface area contributed by atoms with E-state index in [1.54, 1.807) is 27.7 Å². The average Bonchev–Trinajstić information content (AvgIpc) is 2.88. The number of aryl methyl sites for hydroxylation is 2. The van der Waals surface area contributed by atoms with Crippen LogP contribution in [0.1, 0.15) is 57.2 Å². The minimum absolute atomic E-state index is 0. The summed E-state index contributed by atoms with van der Waals surface area (Å²) in [5, 5.41) is 37.3. The van der Waals surface area contributed by atoms with Gasteiger partial charge in [-0.3, -0.25) is 9.98 Å². The van der Waals surface area contributed by atoms with Gasteiger partial charge in [-0.1, -0.05) is 0 Å². The maximum Gasteiger partial charge on any atom is 0.348 e. The smallest absolute Gasteiger partial charge is 0.348 e. The van der Waals surface area contributed by atoms with Crippen molar-refractivity contribution in [1.82, 2.24) is 0 Å². The van der Waals surface area contributed by atoms with Crippen LogP contribution in [0.4, 0.5) is 11.4 Å². The first kappa shape index (κ1) is 33.9. The molecule has 0 aliphatic rings. The van der Waals surface area contributed by atoms with Crippen LogP contribution in [0.2, 0.25) is 0 Å². The van der Waals surface area contributed by atoms with Gasteiger partial charge in [-0.15, -0.1) is 0 Å². The summed E-state index contributed by atoms with van der Waals surface area (Å²) in [6.07, 6.45) is 0. The molecule has 0 saturated heterocycles. The Morgan fingerprint density at radius 3 is 1.19 bits per heavy atom. The molecule has 1 radical (unpaired) electrons. The zero-order valence-corrected chi connectivity index (χ0v) is 24.1. The van der Waals surface area contributed by atoms with Crippen molar-refractivity contribution in [3.05, 3.63) is 115 Å². The number of aliphatic imine (C=N–C) groups is 2. The Hall–Kier alpha value is -5.26. The number of aromatic hydroxyl groups is 2. The summed E-state index contributed by atoms with van der Waals surface area (Å²) in [6.45, 7) is 6.24. The molecule has 0 amide bonds. The second-order valence-electron chi connectivity index (χ2n) is 8.91. The Morgan fingerprint density at radius 1 is 0.628 bits per heavy atom. The van der Waals surface area contributed by atoms with Gasteiger partial charge in [-0.25, -0.2) is 19.2 Å². The molecule has 2 heterocycles. The van der Waals surface area contributed by atoms with Gasteiger partial charge < -0.3 is 29.3 Å². The number of rotatable bonds is 6. The second kappa shape index (κ2) is 14.6. The number of carboxylic acids is 2. The molecular weight excluding hydrogens is 612 g/mol. The molecule has 4 rings (SSSR count). The van der Waals surface area contributed by atoms with Crippen LogP contribution in [-0.4, -0.2) is 43.8 Å². The minimum atomic E-state index is -1.03. The minimum Gasteiger partial charge on any atom is -0.507 e. The number of aromatic carboxylic acids is 2. The van der Waals surface area contributed by atoms with Crippen molar-refractivity contribution < 1.29 is 55.9 Å². The van der Waals surface area contributed by atoms with Crippen LogP contribution in [-0.2, 0) is 17.1 Å². The first-order valence-electron chi connectivity index (χ1n) is 12.2. The van der Waals surface area contributed by atoms with Gasteiger partial charge in [0.1, 0.15) is 34.1 Å². The molecule has 0 unspecified atom stereocenters. The van der Waals surface area contributed by atoms with E-state index in [1.165, 1.54) is 60.7 Å². The van der Waals surface area contributed by atoms with E-state index in [1.807, 2.05) is 0 Å². The Balaban J connectivity index is 0.000000293. The maximum atomic E-state index is 11.8. The maximum absolute atomic E-state index is 11.8. The van der Waals surface area contributed by atoms with Gasteiger partial charge in [0.25, 0.3) is 0 Å². The van der Waals surface area contributed by atoms with Crippen LogP contribution >= 0.6 is 0 Å². The number of benzene rings is 2. The van der Waals surface area contributed by atoms with Gasteiger partial charge >= 0.3 is 23.2 Å². The molecule has 0 bridgehead atoms. The average molecular weight is 638 g/mol. The van der Waals surface area contributed by atoms with Crippen molar-refractivity contribution >= 4 is 34.7 Å². The molecule has 4 aromatic rings. The van der Waals surface area contributed by atoms with Crippen molar-refractivity contribution in [3.63, 3.8) is 0 Å². The number of hydrogen-bond acceptors (Lipinski definition) is 10. The Morgan fingerprint density at radius 2 is 0.930 bits per heavy atom. The zero-order valence-electron chi connectivity index (χ0n) is 23.2. The van der Waals surface area contributed by atoms with Crippen molar-refractivity contribution in [2.24, 2.45) is 9.98 Å². The monoisotopic (exact) mass is 637 g/mol. The fraction of sp³-hybridized carbons (Fsp3) is 0.133. The first-order valence-corrected chi connectivity index (χ1v) is 12.2. The fourth-order valence-electron chi connectivity index (χ4n) is 3.71. The van der Waals surface area contributed by atoms with E-state index in [0.717, 1.165) is 0 Å². The van der Waals surface area contributed by atoms with Crippen LogP contribution in [0.5, 0.6) is 11.5 Å². The largest absolute Gasteiger partial charge is 0.507 e. The van der Waals surface area contributed by atoms with Crippen LogP contribution in [0.25, 0.3) is 0 Å². The van der Waals surface area contributed by atoms with Crippen LogP contribution in [0.3, 0.4) is 0 Å². The van der Waals surface area contributed by atoms with Crippen molar-refractivity contribution in [1.29, 1.82) is 0 Å². The number of carbonyl (C=O) groups is 2. The Bertz CT molecular complexity index is 1690. The molecule has 4 N–H and O–H groups in total. The van der Waals surface area contributed by atoms with E-state index in [-0.39, 0.29) is 62.2 Å². The van der Waals surface area contributed by atoms with Crippen LogP contribution in [0, 0.1) is 13.8 Å². The molecule has 12 nitrogen and oxygen atoms in total. The van der Waals surface area contributed by atoms with Gasteiger partial charge in [0.2, 0.25) is 0 Å². The van der Waals surface area contributed by atoms with E-state index in [0.29, 0.717) is 22.9 Å². The van der Waals surface area contributed by atoms with Gasteiger partial charge in [0.05, 0.1) is 33.9 Å². The molecule has 2 aromatic heterocycles. The quantitative estimate of drug-likeness (QED) is 0.165. The van der Waals surface area contributed by atoms with E-state index < -0.39 is 23.2 Å². The summed E-state index contributed by atoms with van der Waals surface area (Å²) < 4.78 is 9.85. The standard InChI is InChI=1S/2C15H13NO5.Cu/c2*1-8-7-12(17)13(15(20)21-8)9(2)16-11-5-3-10(4-6-11)14(18)19;/h2*3-7,17H,1-2H3,(H,18,19);.